The molecule has 1 saturated heterocycles. The maximum Gasteiger partial charge on any atom is 0.257 e. The Labute approximate surface area is 130 Å². The number of benzene rings is 1. The molecule has 21 heavy (non-hydrogen) atoms. The second kappa shape index (κ2) is 4.02. The molecule has 4 bridgehead atoms. The Morgan fingerprint density at radius 1 is 1.43 bits per heavy atom. The van der Waals surface area contributed by atoms with Crippen LogP contribution in [0.3, 0.4) is 0 Å². The Kier molecular flexibility index (Phi) is 2.60. The summed E-state index contributed by atoms with van der Waals surface area (Å²) in [6, 6.07) is 7.29. The van der Waals surface area contributed by atoms with Gasteiger partial charge in [-0.1, -0.05) is 31.5 Å². The number of anilines is 1. The second-order valence-corrected chi connectivity index (χ2v) is 7.71. The quantitative estimate of drug-likeness (QED) is 0.900. The summed E-state index contributed by atoms with van der Waals surface area (Å²) in [4.78, 5) is 13.0. The summed E-state index contributed by atoms with van der Waals surface area (Å²) in [5.41, 5.74) is 0.185. The van der Waals surface area contributed by atoms with Crippen LogP contribution in [0.1, 0.15) is 33.1 Å². The van der Waals surface area contributed by atoms with Gasteiger partial charge in [0.1, 0.15) is 0 Å². The predicted octanol–water partition coefficient (Wildman–Crippen LogP) is 3.87. The molecule has 1 aromatic carbocycles. The first-order valence-corrected chi connectivity index (χ1v) is 8.00. The number of amides is 1. The molecule has 1 aromatic rings. The molecule has 2 saturated carbocycles. The van der Waals surface area contributed by atoms with Crippen LogP contribution < -0.4 is 5.32 Å². The molecule has 3 nitrogen and oxygen atoms in total. The Morgan fingerprint density at radius 2 is 2.24 bits per heavy atom. The SMILES string of the molecule is C[C@@]12CC[C@@H]3C[C@]1(C(=O)Nc1cccc(Cl)c1)OC[C@]32C. The third-order valence-corrected chi connectivity index (χ3v) is 6.88. The average molecular weight is 306 g/mol. The number of carbonyl (C=O) groups excluding carboxylic acids is 1. The molecule has 0 spiro atoms. The highest BCUT2D eigenvalue weighted by Gasteiger charge is 2.78. The Morgan fingerprint density at radius 3 is 2.90 bits per heavy atom. The molecule has 0 radical (unpaired) electrons. The minimum absolute atomic E-state index is 0.00167. The van der Waals surface area contributed by atoms with Crippen molar-refractivity contribution in [2.45, 2.75) is 38.7 Å². The summed E-state index contributed by atoms with van der Waals surface area (Å²) in [6.07, 6.45) is 3.16. The van der Waals surface area contributed by atoms with E-state index < -0.39 is 5.60 Å². The van der Waals surface area contributed by atoms with Gasteiger partial charge in [0.25, 0.3) is 5.91 Å². The second-order valence-electron chi connectivity index (χ2n) is 7.27. The van der Waals surface area contributed by atoms with Gasteiger partial charge >= 0.3 is 0 Å². The zero-order chi connectivity index (χ0) is 14.9. The highest BCUT2D eigenvalue weighted by Crippen LogP contribution is 2.75. The lowest BCUT2D eigenvalue weighted by atomic mass is 9.66. The maximum atomic E-state index is 13.0. The van der Waals surface area contributed by atoms with Crippen molar-refractivity contribution in [3.63, 3.8) is 0 Å². The predicted molar refractivity (Wildman–Crippen MR) is 82.3 cm³/mol. The molecule has 1 N–H and O–H groups in total. The summed E-state index contributed by atoms with van der Waals surface area (Å²) in [5, 5.41) is 3.65. The Balaban J connectivity index is 1.66. The molecule has 0 unspecified atom stereocenters. The van der Waals surface area contributed by atoms with Gasteiger partial charge in [0, 0.05) is 21.5 Å². The fraction of sp³-hybridized carbons (Fsp3) is 0.588. The lowest BCUT2D eigenvalue weighted by Gasteiger charge is -2.40. The normalized spacial score (nSPS) is 43.3. The molecular formula is C17H20ClNO2. The van der Waals surface area contributed by atoms with Crippen molar-refractivity contribution in [2.75, 3.05) is 11.9 Å². The molecule has 3 fully saturated rings. The average Bonchev–Trinajstić information content (AvgIpc) is 2.91. The standard InChI is InChI=1S/C17H20ClNO2/c1-15-10-21-17(9-11(15)6-7-16(15,17)2)14(20)19-13-5-3-4-12(18)8-13/h3-5,8,11H,6-7,9-10H2,1-2H3,(H,19,20)/t11-,15-,16+,17-/m1/s1. The summed E-state index contributed by atoms with van der Waals surface area (Å²) in [5.74, 6) is 0.611. The van der Waals surface area contributed by atoms with Gasteiger partial charge in [-0.2, -0.15) is 0 Å². The first-order chi connectivity index (χ1) is 9.91. The van der Waals surface area contributed by atoms with Crippen molar-refractivity contribution in [3.8, 4) is 0 Å². The van der Waals surface area contributed by atoms with Gasteiger partial charge in [0.2, 0.25) is 0 Å². The van der Waals surface area contributed by atoms with Gasteiger partial charge < -0.3 is 10.1 Å². The molecule has 4 atom stereocenters. The van der Waals surface area contributed by atoms with Gasteiger partial charge in [-0.3, -0.25) is 4.79 Å². The van der Waals surface area contributed by atoms with E-state index in [0.29, 0.717) is 17.5 Å². The molecule has 1 aliphatic heterocycles. The molecular weight excluding hydrogens is 286 g/mol. The van der Waals surface area contributed by atoms with Crippen molar-refractivity contribution >= 4 is 23.2 Å². The van der Waals surface area contributed by atoms with Crippen molar-refractivity contribution in [3.05, 3.63) is 29.3 Å². The van der Waals surface area contributed by atoms with Crippen LogP contribution in [0, 0.1) is 16.7 Å². The van der Waals surface area contributed by atoms with Gasteiger partial charge in [-0.05, 0) is 43.4 Å². The number of hydrogen-bond donors (Lipinski definition) is 1. The zero-order valence-electron chi connectivity index (χ0n) is 12.4. The van der Waals surface area contributed by atoms with Crippen molar-refractivity contribution in [1.82, 2.24) is 0 Å². The third kappa shape index (κ3) is 1.46. The number of rotatable bonds is 2. The van der Waals surface area contributed by atoms with Crippen LogP contribution in [0.5, 0.6) is 0 Å². The number of carbonyl (C=O) groups is 1. The number of hydrogen-bond acceptors (Lipinski definition) is 2. The smallest absolute Gasteiger partial charge is 0.257 e. The fourth-order valence-corrected chi connectivity index (χ4v) is 5.25. The molecule has 1 amide bonds. The first-order valence-electron chi connectivity index (χ1n) is 7.62. The highest BCUT2D eigenvalue weighted by molar-refractivity contribution is 6.30. The van der Waals surface area contributed by atoms with E-state index in [0.717, 1.165) is 18.5 Å². The van der Waals surface area contributed by atoms with E-state index in [4.69, 9.17) is 16.3 Å². The monoisotopic (exact) mass is 305 g/mol. The van der Waals surface area contributed by atoms with Crippen LogP contribution in [0.4, 0.5) is 5.69 Å². The minimum atomic E-state index is -0.660. The molecule has 3 aliphatic rings. The minimum Gasteiger partial charge on any atom is -0.364 e. The van der Waals surface area contributed by atoms with Crippen molar-refractivity contribution in [2.24, 2.45) is 16.7 Å². The van der Waals surface area contributed by atoms with E-state index in [1.54, 1.807) is 12.1 Å². The lowest BCUT2D eigenvalue weighted by Crippen LogP contribution is -2.52. The van der Waals surface area contributed by atoms with Crippen molar-refractivity contribution in [1.29, 1.82) is 0 Å². The molecule has 2 aliphatic carbocycles. The van der Waals surface area contributed by atoms with E-state index in [-0.39, 0.29) is 16.7 Å². The van der Waals surface area contributed by atoms with Crippen LogP contribution >= 0.6 is 11.6 Å². The fourth-order valence-electron chi connectivity index (χ4n) is 5.06. The Bertz CT molecular complexity index is 633. The number of nitrogens with one attached hydrogen (secondary N) is 1. The van der Waals surface area contributed by atoms with Crippen LogP contribution in [-0.4, -0.2) is 18.1 Å². The molecule has 0 aromatic heterocycles. The summed E-state index contributed by atoms with van der Waals surface area (Å²) in [7, 11) is 0. The molecule has 112 valence electrons. The Hall–Kier alpha value is -1.06. The van der Waals surface area contributed by atoms with Crippen LogP contribution in [-0.2, 0) is 9.53 Å². The van der Waals surface area contributed by atoms with Gasteiger partial charge in [-0.25, -0.2) is 0 Å². The van der Waals surface area contributed by atoms with Gasteiger partial charge in [0.15, 0.2) is 5.60 Å². The number of halogens is 1. The van der Waals surface area contributed by atoms with E-state index in [1.165, 1.54) is 6.42 Å². The van der Waals surface area contributed by atoms with E-state index in [2.05, 4.69) is 19.2 Å². The first kappa shape index (κ1) is 13.6. The highest BCUT2D eigenvalue weighted by atomic mass is 35.5. The van der Waals surface area contributed by atoms with Gasteiger partial charge in [-0.15, -0.1) is 0 Å². The molecule has 4 heteroatoms. The summed E-state index contributed by atoms with van der Waals surface area (Å²) < 4.78 is 6.10. The van der Waals surface area contributed by atoms with E-state index in [9.17, 15) is 4.79 Å². The summed E-state index contributed by atoms with van der Waals surface area (Å²) >= 11 is 5.99. The largest absolute Gasteiger partial charge is 0.364 e. The van der Waals surface area contributed by atoms with E-state index >= 15 is 0 Å². The van der Waals surface area contributed by atoms with E-state index in [1.807, 2.05) is 12.1 Å². The molecule has 4 rings (SSSR count). The van der Waals surface area contributed by atoms with Crippen LogP contribution in [0.15, 0.2) is 24.3 Å². The lowest BCUT2D eigenvalue weighted by molar-refractivity contribution is -0.149. The van der Waals surface area contributed by atoms with Gasteiger partial charge in [0.05, 0.1) is 6.61 Å². The zero-order valence-corrected chi connectivity index (χ0v) is 13.2. The number of ether oxygens (including phenoxy) is 1. The topological polar surface area (TPSA) is 38.3 Å². The molecule has 1 heterocycles. The van der Waals surface area contributed by atoms with Crippen LogP contribution in [0.25, 0.3) is 0 Å². The maximum absolute atomic E-state index is 13.0. The summed E-state index contributed by atoms with van der Waals surface area (Å²) in [6.45, 7) is 5.24. The van der Waals surface area contributed by atoms with Crippen LogP contribution in [0.2, 0.25) is 5.02 Å². The van der Waals surface area contributed by atoms with Crippen molar-refractivity contribution < 1.29 is 9.53 Å². The third-order valence-electron chi connectivity index (χ3n) is 6.65.